The van der Waals surface area contributed by atoms with Crippen LogP contribution < -0.4 is 0 Å². The van der Waals surface area contributed by atoms with Crippen molar-refractivity contribution >= 4 is 29.3 Å². The molecule has 1 aromatic carbocycles. The van der Waals surface area contributed by atoms with Gasteiger partial charge in [-0.05, 0) is 42.7 Å². The summed E-state index contributed by atoms with van der Waals surface area (Å²) in [5.74, 6) is 2.55. The summed E-state index contributed by atoms with van der Waals surface area (Å²) in [4.78, 5) is 18.8. The third-order valence-electron chi connectivity index (χ3n) is 6.54. The van der Waals surface area contributed by atoms with E-state index in [0.29, 0.717) is 11.9 Å². The summed E-state index contributed by atoms with van der Waals surface area (Å²) in [6, 6.07) is 8.33. The number of nitrogens with zero attached hydrogens (tertiary/aromatic N) is 2. The van der Waals surface area contributed by atoms with E-state index in [1.54, 1.807) is 0 Å². The van der Waals surface area contributed by atoms with E-state index >= 15 is 0 Å². The summed E-state index contributed by atoms with van der Waals surface area (Å²) < 4.78 is 5.51. The Balaban J connectivity index is 1.58. The van der Waals surface area contributed by atoms with Gasteiger partial charge in [-0.15, -0.1) is 0 Å². The van der Waals surface area contributed by atoms with Gasteiger partial charge in [0.25, 0.3) is 0 Å². The van der Waals surface area contributed by atoms with E-state index in [1.165, 1.54) is 0 Å². The van der Waals surface area contributed by atoms with Crippen LogP contribution in [0, 0.1) is 0 Å². The fraction of sp³-hybridized carbons (Fsp3) is 0.682. The molecule has 2 saturated heterocycles. The maximum Gasteiger partial charge on any atom is 0.233 e. The van der Waals surface area contributed by atoms with Crippen LogP contribution in [0.4, 0.5) is 0 Å². The van der Waals surface area contributed by atoms with Gasteiger partial charge in [0.1, 0.15) is 0 Å². The van der Waals surface area contributed by atoms with Crippen molar-refractivity contribution in [3.05, 3.63) is 34.9 Å². The molecule has 28 heavy (non-hydrogen) atoms. The van der Waals surface area contributed by atoms with E-state index in [4.69, 9.17) is 16.3 Å². The number of carbonyl (C=O) groups excluding carboxylic acids is 1. The van der Waals surface area contributed by atoms with E-state index in [1.807, 2.05) is 23.9 Å². The van der Waals surface area contributed by atoms with Gasteiger partial charge in [-0.2, -0.15) is 11.8 Å². The Hall–Kier alpha value is -0.750. The minimum absolute atomic E-state index is 0.294. The Morgan fingerprint density at radius 1 is 1.11 bits per heavy atom. The van der Waals surface area contributed by atoms with E-state index < -0.39 is 0 Å². The number of morpholine rings is 1. The second-order valence-electron chi connectivity index (χ2n) is 8.29. The minimum Gasteiger partial charge on any atom is -0.379 e. The molecule has 1 unspecified atom stereocenters. The predicted octanol–water partition coefficient (Wildman–Crippen LogP) is 3.82. The van der Waals surface area contributed by atoms with Gasteiger partial charge in [0.15, 0.2) is 0 Å². The van der Waals surface area contributed by atoms with Crippen molar-refractivity contribution in [1.82, 2.24) is 9.80 Å². The first-order valence-electron chi connectivity index (χ1n) is 10.6. The highest BCUT2D eigenvalue weighted by molar-refractivity contribution is 7.99. The number of ether oxygens (including phenoxy) is 1. The zero-order valence-electron chi connectivity index (χ0n) is 16.6. The van der Waals surface area contributed by atoms with Gasteiger partial charge in [0.05, 0.1) is 24.7 Å². The number of thioether (sulfide) groups is 1. The molecule has 2 heterocycles. The Morgan fingerprint density at radius 2 is 1.82 bits per heavy atom. The maximum absolute atomic E-state index is 14.1. The third-order valence-corrected chi connectivity index (χ3v) is 7.99. The molecule has 6 heteroatoms. The van der Waals surface area contributed by atoms with Crippen LogP contribution in [0.2, 0.25) is 5.02 Å². The second kappa shape index (κ2) is 9.38. The first-order chi connectivity index (χ1) is 13.7. The van der Waals surface area contributed by atoms with Crippen molar-refractivity contribution < 1.29 is 9.53 Å². The Bertz CT molecular complexity index is 657. The fourth-order valence-corrected chi connectivity index (χ4v) is 6.16. The van der Waals surface area contributed by atoms with Crippen LogP contribution >= 0.6 is 23.4 Å². The SMILES string of the molecule is O=C(N1CCCSCC1CN1CCOCC1)C1(c2ccc(Cl)cc2)CCCC1. The number of benzene rings is 1. The molecule has 0 radical (unpaired) electrons. The van der Waals surface area contributed by atoms with Crippen molar-refractivity contribution in [2.24, 2.45) is 0 Å². The lowest BCUT2D eigenvalue weighted by Gasteiger charge is -2.40. The van der Waals surface area contributed by atoms with Gasteiger partial charge in [-0.1, -0.05) is 36.6 Å². The van der Waals surface area contributed by atoms with Crippen LogP contribution in [0.25, 0.3) is 0 Å². The molecule has 0 aromatic heterocycles. The molecule has 0 N–H and O–H groups in total. The summed E-state index contributed by atoms with van der Waals surface area (Å²) >= 11 is 8.13. The standard InChI is InChI=1S/C22H31ClN2O2S/c23-19-6-4-18(5-7-19)22(8-1-2-9-22)21(26)25-10-3-15-28-17-20(25)16-24-11-13-27-14-12-24/h4-7,20H,1-3,8-17H2. The number of rotatable bonds is 4. The van der Waals surface area contributed by atoms with E-state index in [0.717, 1.165) is 93.6 Å². The van der Waals surface area contributed by atoms with Crippen molar-refractivity contribution in [3.8, 4) is 0 Å². The van der Waals surface area contributed by atoms with E-state index in [-0.39, 0.29) is 5.41 Å². The number of amides is 1. The molecule has 1 amide bonds. The van der Waals surface area contributed by atoms with Crippen LogP contribution in [-0.4, -0.2) is 72.6 Å². The summed E-state index contributed by atoms with van der Waals surface area (Å²) in [7, 11) is 0. The summed E-state index contributed by atoms with van der Waals surface area (Å²) in [5, 5.41) is 0.737. The highest BCUT2D eigenvalue weighted by Gasteiger charge is 2.46. The first kappa shape index (κ1) is 20.5. The molecule has 2 aliphatic heterocycles. The lowest BCUT2D eigenvalue weighted by atomic mass is 9.77. The Labute approximate surface area is 177 Å². The molecule has 0 spiro atoms. The van der Waals surface area contributed by atoms with Crippen molar-refractivity contribution in [3.63, 3.8) is 0 Å². The van der Waals surface area contributed by atoms with Gasteiger partial charge in [-0.25, -0.2) is 0 Å². The van der Waals surface area contributed by atoms with Crippen molar-refractivity contribution in [2.45, 2.75) is 43.6 Å². The average Bonchev–Trinajstić information content (AvgIpc) is 3.11. The Morgan fingerprint density at radius 3 is 2.54 bits per heavy atom. The predicted molar refractivity (Wildman–Crippen MR) is 116 cm³/mol. The number of hydrogen-bond acceptors (Lipinski definition) is 4. The highest BCUT2D eigenvalue weighted by atomic mass is 35.5. The zero-order chi connectivity index (χ0) is 19.4. The van der Waals surface area contributed by atoms with Gasteiger partial charge in [0.2, 0.25) is 5.91 Å². The molecule has 1 aliphatic carbocycles. The van der Waals surface area contributed by atoms with Gasteiger partial charge < -0.3 is 9.64 Å². The number of hydrogen-bond donors (Lipinski definition) is 0. The summed E-state index contributed by atoms with van der Waals surface area (Å²) in [6.07, 6.45) is 5.27. The summed E-state index contributed by atoms with van der Waals surface area (Å²) in [5.41, 5.74) is 0.796. The van der Waals surface area contributed by atoms with Gasteiger partial charge in [-0.3, -0.25) is 9.69 Å². The molecule has 3 fully saturated rings. The molecular weight excluding hydrogens is 392 g/mol. The largest absolute Gasteiger partial charge is 0.379 e. The van der Waals surface area contributed by atoms with Crippen LogP contribution in [0.5, 0.6) is 0 Å². The number of halogens is 1. The maximum atomic E-state index is 14.1. The van der Waals surface area contributed by atoms with Crippen molar-refractivity contribution in [2.75, 3.05) is 50.9 Å². The smallest absolute Gasteiger partial charge is 0.233 e. The first-order valence-corrected chi connectivity index (χ1v) is 12.2. The monoisotopic (exact) mass is 422 g/mol. The minimum atomic E-state index is -0.358. The van der Waals surface area contributed by atoms with Gasteiger partial charge >= 0.3 is 0 Å². The van der Waals surface area contributed by atoms with Gasteiger partial charge in [0, 0.05) is 37.0 Å². The summed E-state index contributed by atoms with van der Waals surface area (Å²) in [6.45, 7) is 5.43. The molecule has 1 aromatic rings. The molecule has 1 saturated carbocycles. The quantitative estimate of drug-likeness (QED) is 0.738. The Kier molecular flexibility index (Phi) is 6.87. The average molecular weight is 423 g/mol. The van der Waals surface area contributed by atoms with E-state index in [2.05, 4.69) is 21.9 Å². The van der Waals surface area contributed by atoms with E-state index in [9.17, 15) is 4.79 Å². The lowest BCUT2D eigenvalue weighted by Crippen LogP contribution is -2.55. The van der Waals surface area contributed by atoms with Crippen molar-refractivity contribution in [1.29, 1.82) is 0 Å². The molecular formula is C22H31ClN2O2S. The van der Waals surface area contributed by atoms with Crippen LogP contribution in [0.3, 0.4) is 0 Å². The highest BCUT2D eigenvalue weighted by Crippen LogP contribution is 2.43. The zero-order valence-corrected chi connectivity index (χ0v) is 18.1. The fourth-order valence-electron chi connectivity index (χ4n) is 4.98. The normalized spacial score (nSPS) is 26.2. The molecule has 0 bridgehead atoms. The van der Waals surface area contributed by atoms with Crippen LogP contribution in [-0.2, 0) is 14.9 Å². The molecule has 154 valence electrons. The molecule has 1 atom stereocenters. The molecule has 4 nitrogen and oxygen atoms in total. The molecule has 4 rings (SSSR count). The second-order valence-corrected chi connectivity index (χ2v) is 9.88. The van der Waals surface area contributed by atoms with Crippen LogP contribution in [0.1, 0.15) is 37.7 Å². The molecule has 3 aliphatic rings. The third kappa shape index (κ3) is 4.38. The van der Waals surface area contributed by atoms with Crippen LogP contribution in [0.15, 0.2) is 24.3 Å². The number of carbonyl (C=O) groups is 1. The topological polar surface area (TPSA) is 32.8 Å². The lowest BCUT2D eigenvalue weighted by molar-refractivity contribution is -0.140.